The number of aromatic nitrogens is 3. The standard InChI is InChI=1S/C21H20N4O2/c1-14-18(12-15-11-17(27-2)6-7-19(15)23-14)21(26)22-9-8-16-13-25-10-4-3-5-20(25)24-16/h3-7,10-13H,8-9H2,1-2H3,(H,22,26). The van der Waals surface area contributed by atoms with E-state index in [1.54, 1.807) is 7.11 Å². The minimum absolute atomic E-state index is 0.131. The van der Waals surface area contributed by atoms with Crippen molar-refractivity contribution >= 4 is 22.5 Å². The third kappa shape index (κ3) is 3.46. The normalized spacial score (nSPS) is 11.0. The van der Waals surface area contributed by atoms with Crippen LogP contribution in [0.5, 0.6) is 5.75 Å². The predicted octanol–water partition coefficient (Wildman–Crippen LogP) is 3.17. The molecule has 0 unspecified atom stereocenters. The van der Waals surface area contributed by atoms with Gasteiger partial charge in [-0.05, 0) is 43.3 Å². The highest BCUT2D eigenvalue weighted by Gasteiger charge is 2.12. The van der Waals surface area contributed by atoms with Gasteiger partial charge in [0.1, 0.15) is 11.4 Å². The molecule has 0 aliphatic heterocycles. The van der Waals surface area contributed by atoms with Gasteiger partial charge in [-0.2, -0.15) is 0 Å². The van der Waals surface area contributed by atoms with E-state index < -0.39 is 0 Å². The van der Waals surface area contributed by atoms with Gasteiger partial charge in [0.2, 0.25) is 0 Å². The zero-order chi connectivity index (χ0) is 18.8. The number of benzene rings is 1. The summed E-state index contributed by atoms with van der Waals surface area (Å²) in [5.41, 5.74) is 3.97. The third-order valence-corrected chi connectivity index (χ3v) is 4.54. The Kier molecular flexibility index (Phi) is 4.46. The van der Waals surface area contributed by atoms with Crippen LogP contribution in [0.3, 0.4) is 0 Å². The molecule has 0 atom stereocenters. The lowest BCUT2D eigenvalue weighted by atomic mass is 10.1. The SMILES string of the molecule is COc1ccc2nc(C)c(C(=O)NCCc3cn4ccccc4n3)cc2c1. The Balaban J connectivity index is 1.47. The van der Waals surface area contributed by atoms with E-state index in [1.807, 2.05) is 66.2 Å². The Morgan fingerprint density at radius 2 is 2.07 bits per heavy atom. The zero-order valence-electron chi connectivity index (χ0n) is 15.3. The lowest BCUT2D eigenvalue weighted by Gasteiger charge is -2.09. The molecule has 3 heterocycles. The van der Waals surface area contributed by atoms with Crippen LogP contribution in [-0.2, 0) is 6.42 Å². The van der Waals surface area contributed by atoms with Crippen LogP contribution in [0, 0.1) is 6.92 Å². The van der Waals surface area contributed by atoms with Gasteiger partial charge in [0.15, 0.2) is 0 Å². The first kappa shape index (κ1) is 17.0. The maximum atomic E-state index is 12.6. The molecule has 0 aliphatic rings. The van der Waals surface area contributed by atoms with Gasteiger partial charge in [0.05, 0.1) is 29.6 Å². The summed E-state index contributed by atoms with van der Waals surface area (Å²) in [6.07, 6.45) is 4.61. The van der Waals surface area contributed by atoms with E-state index in [9.17, 15) is 4.79 Å². The van der Waals surface area contributed by atoms with Gasteiger partial charge in [-0.15, -0.1) is 0 Å². The second-order valence-electron chi connectivity index (χ2n) is 6.38. The molecule has 0 bridgehead atoms. The minimum atomic E-state index is -0.131. The molecule has 1 N–H and O–H groups in total. The van der Waals surface area contributed by atoms with Crippen LogP contribution < -0.4 is 10.1 Å². The van der Waals surface area contributed by atoms with E-state index in [1.165, 1.54) is 0 Å². The van der Waals surface area contributed by atoms with Gasteiger partial charge in [0, 0.05) is 30.7 Å². The topological polar surface area (TPSA) is 68.5 Å². The molecular formula is C21H20N4O2. The molecule has 0 radical (unpaired) electrons. The van der Waals surface area contributed by atoms with Crippen molar-refractivity contribution in [3.63, 3.8) is 0 Å². The maximum Gasteiger partial charge on any atom is 0.253 e. The summed E-state index contributed by atoms with van der Waals surface area (Å²) in [6.45, 7) is 2.36. The van der Waals surface area contributed by atoms with Gasteiger partial charge in [-0.1, -0.05) is 6.07 Å². The van der Waals surface area contributed by atoms with E-state index in [2.05, 4.69) is 15.3 Å². The highest BCUT2D eigenvalue weighted by atomic mass is 16.5. The smallest absolute Gasteiger partial charge is 0.253 e. The predicted molar refractivity (Wildman–Crippen MR) is 104 cm³/mol. The van der Waals surface area contributed by atoms with Crippen molar-refractivity contribution in [3.05, 3.63) is 71.8 Å². The van der Waals surface area contributed by atoms with Gasteiger partial charge < -0.3 is 14.5 Å². The second-order valence-corrected chi connectivity index (χ2v) is 6.38. The summed E-state index contributed by atoms with van der Waals surface area (Å²) in [4.78, 5) is 21.7. The molecule has 0 aliphatic carbocycles. The molecule has 4 aromatic rings. The molecule has 136 valence electrons. The largest absolute Gasteiger partial charge is 0.497 e. The van der Waals surface area contributed by atoms with Gasteiger partial charge >= 0.3 is 0 Å². The number of nitrogens with zero attached hydrogens (tertiary/aromatic N) is 3. The number of nitrogens with one attached hydrogen (secondary N) is 1. The number of amides is 1. The number of pyridine rings is 2. The molecule has 1 amide bonds. The Morgan fingerprint density at radius 1 is 1.19 bits per heavy atom. The summed E-state index contributed by atoms with van der Waals surface area (Å²) < 4.78 is 7.23. The van der Waals surface area contributed by atoms with E-state index in [0.717, 1.165) is 28.0 Å². The number of ether oxygens (including phenoxy) is 1. The average Bonchev–Trinajstić information content (AvgIpc) is 3.09. The quantitative estimate of drug-likeness (QED) is 0.594. The Bertz CT molecular complexity index is 1100. The molecule has 0 spiro atoms. The Labute approximate surface area is 156 Å². The molecule has 3 aromatic heterocycles. The van der Waals surface area contributed by atoms with Crippen LogP contribution in [0.2, 0.25) is 0 Å². The minimum Gasteiger partial charge on any atom is -0.497 e. The van der Waals surface area contributed by atoms with Crippen molar-refractivity contribution in [1.82, 2.24) is 19.7 Å². The second kappa shape index (κ2) is 7.07. The highest BCUT2D eigenvalue weighted by Crippen LogP contribution is 2.21. The van der Waals surface area contributed by atoms with Crippen molar-refractivity contribution in [2.45, 2.75) is 13.3 Å². The van der Waals surface area contributed by atoms with E-state index in [-0.39, 0.29) is 5.91 Å². The summed E-state index contributed by atoms with van der Waals surface area (Å²) >= 11 is 0. The number of methoxy groups -OCH3 is 1. The van der Waals surface area contributed by atoms with E-state index in [0.29, 0.717) is 24.2 Å². The summed E-state index contributed by atoms with van der Waals surface area (Å²) in [5, 5.41) is 3.85. The van der Waals surface area contributed by atoms with Crippen LogP contribution in [0.25, 0.3) is 16.6 Å². The Morgan fingerprint density at radius 3 is 2.89 bits per heavy atom. The number of rotatable bonds is 5. The van der Waals surface area contributed by atoms with Crippen molar-refractivity contribution in [1.29, 1.82) is 0 Å². The third-order valence-electron chi connectivity index (χ3n) is 4.54. The van der Waals surface area contributed by atoms with Gasteiger partial charge in [-0.25, -0.2) is 4.98 Å². The lowest BCUT2D eigenvalue weighted by molar-refractivity contribution is 0.0953. The highest BCUT2D eigenvalue weighted by molar-refractivity contribution is 5.98. The van der Waals surface area contributed by atoms with Gasteiger partial charge in [-0.3, -0.25) is 9.78 Å². The van der Waals surface area contributed by atoms with Crippen molar-refractivity contribution in [3.8, 4) is 5.75 Å². The first-order chi connectivity index (χ1) is 13.1. The molecule has 1 aromatic carbocycles. The summed E-state index contributed by atoms with van der Waals surface area (Å²) in [7, 11) is 1.62. The fraction of sp³-hybridized carbons (Fsp3) is 0.190. The molecule has 6 nitrogen and oxygen atoms in total. The van der Waals surface area contributed by atoms with Crippen molar-refractivity contribution in [2.75, 3.05) is 13.7 Å². The fourth-order valence-electron chi connectivity index (χ4n) is 3.11. The number of hydrogen-bond acceptors (Lipinski definition) is 4. The van der Waals surface area contributed by atoms with E-state index >= 15 is 0 Å². The molecule has 0 saturated carbocycles. The monoisotopic (exact) mass is 360 g/mol. The van der Waals surface area contributed by atoms with Crippen LogP contribution in [0.1, 0.15) is 21.7 Å². The molecule has 0 saturated heterocycles. The molecule has 27 heavy (non-hydrogen) atoms. The van der Waals surface area contributed by atoms with Crippen LogP contribution in [-0.4, -0.2) is 33.9 Å². The van der Waals surface area contributed by atoms with Crippen LogP contribution in [0.15, 0.2) is 54.9 Å². The zero-order valence-corrected chi connectivity index (χ0v) is 15.3. The van der Waals surface area contributed by atoms with Crippen molar-refractivity contribution < 1.29 is 9.53 Å². The van der Waals surface area contributed by atoms with Crippen molar-refractivity contribution in [2.24, 2.45) is 0 Å². The number of carbonyl (C=O) groups excluding carboxylic acids is 1. The fourth-order valence-corrected chi connectivity index (χ4v) is 3.11. The summed E-state index contributed by atoms with van der Waals surface area (Å²) in [5.74, 6) is 0.611. The van der Waals surface area contributed by atoms with E-state index in [4.69, 9.17) is 4.74 Å². The average molecular weight is 360 g/mol. The first-order valence-corrected chi connectivity index (χ1v) is 8.80. The van der Waals surface area contributed by atoms with Crippen LogP contribution in [0.4, 0.5) is 0 Å². The number of hydrogen-bond donors (Lipinski definition) is 1. The summed E-state index contributed by atoms with van der Waals surface area (Å²) in [6, 6.07) is 13.4. The lowest BCUT2D eigenvalue weighted by Crippen LogP contribution is -2.26. The molecule has 6 heteroatoms. The first-order valence-electron chi connectivity index (χ1n) is 8.80. The molecule has 4 rings (SSSR count). The number of aryl methyl sites for hydroxylation is 1. The van der Waals surface area contributed by atoms with Gasteiger partial charge in [0.25, 0.3) is 5.91 Å². The number of fused-ring (bicyclic) bond motifs is 2. The maximum absolute atomic E-state index is 12.6. The molecular weight excluding hydrogens is 340 g/mol. The molecule has 0 fully saturated rings. The Hall–Kier alpha value is -3.41. The number of carbonyl (C=O) groups is 1. The van der Waals surface area contributed by atoms with Crippen LogP contribution >= 0.6 is 0 Å². The number of imidazole rings is 1.